The molecule has 8 fully saturated rings. The largest absolute Gasteiger partial charge is 0.456 e. The molecule has 134 heavy (non-hydrogen) atoms. The Labute approximate surface area is 788 Å². The molecule has 2 saturated heterocycles. The number of amides is 2. The first-order valence-corrected chi connectivity index (χ1v) is 50.7. The molecule has 10 aliphatic rings. The molecular formula is C98H128N2O31S2Si. The molecule has 0 spiro atoms. The molecule has 14 rings (SSSR count). The lowest BCUT2D eigenvalue weighted by Gasteiger charge is -2.68. The number of fused-ring (bicyclic) bond motifs is 10. The number of esters is 8. The van der Waals surface area contributed by atoms with Gasteiger partial charge in [0, 0.05) is 80.1 Å². The van der Waals surface area contributed by atoms with E-state index in [4.69, 9.17) is 70.7 Å². The van der Waals surface area contributed by atoms with Crippen molar-refractivity contribution in [2.75, 3.05) is 20.3 Å². The van der Waals surface area contributed by atoms with Crippen molar-refractivity contribution in [3.8, 4) is 0 Å². The van der Waals surface area contributed by atoms with Crippen LogP contribution in [0, 0.1) is 33.5 Å². The zero-order valence-corrected chi connectivity index (χ0v) is 81.9. The van der Waals surface area contributed by atoms with E-state index in [0.29, 0.717) is 53.6 Å². The molecule has 2 aromatic carbocycles. The van der Waals surface area contributed by atoms with E-state index in [1.807, 2.05) is 0 Å². The van der Waals surface area contributed by atoms with Gasteiger partial charge in [-0.1, -0.05) is 111 Å². The van der Waals surface area contributed by atoms with E-state index in [-0.39, 0.29) is 84.5 Å². The zero-order valence-electron chi connectivity index (χ0n) is 79.3. The number of ether oxygens (including phenoxy) is 14. The SMILES string of the molecule is CCC(=O)O[C@H]1C(=O)[C@@]2(C)C([C@H](OC(=O)c3ccccc3)[C@]3(O)C[C@H](OC(=O)[C@H](O)[C@@H](NC(=O)OC4CCC4)c4cccs4)C(C)=C1C3(C)C)[C@]1(OC(C)=O)CO[C@@H]1C[C@@H]2O.CCC(=O)O[C@H]1C(=O)[C@@]2(C)C([C@H](OC(=O)c3ccccc3)[C@]3(O)C[C@H](OC(=O)[C@H](OC(C)(C)OC)[C@@H](NC(=O)OC4CCC4)c4cccs4)C(C)=C1C3(C)C)[C@]1(OC(C)=O)CO[C@@H]1C[C@@H]2O[Si](CC)(CC)CC. The molecule has 33 nitrogen and oxygen atoms in total. The Morgan fingerprint density at radius 2 is 0.955 bits per heavy atom. The van der Waals surface area contributed by atoms with Gasteiger partial charge in [0.2, 0.25) is 0 Å². The number of carbonyl (C=O) groups is 12. The summed E-state index contributed by atoms with van der Waals surface area (Å²) in [5, 5.41) is 60.6. The van der Waals surface area contributed by atoms with Crippen LogP contribution in [-0.2, 0) is 109 Å². The summed E-state index contributed by atoms with van der Waals surface area (Å²) >= 11 is 2.42. The summed E-state index contributed by atoms with van der Waals surface area (Å²) in [6.45, 7) is 27.1. The predicted molar refractivity (Wildman–Crippen MR) is 483 cm³/mol. The summed E-state index contributed by atoms with van der Waals surface area (Å²) in [4.78, 5) is 172. The van der Waals surface area contributed by atoms with Crippen LogP contribution in [0.25, 0.3) is 0 Å². The van der Waals surface area contributed by atoms with Crippen LogP contribution in [0.1, 0.15) is 237 Å². The van der Waals surface area contributed by atoms with Crippen molar-refractivity contribution in [3.63, 3.8) is 0 Å². The number of alkyl carbamates (subject to hydrolysis) is 2. The number of nitrogens with one attached hydrogen (secondary N) is 2. The number of thiophene rings is 2. The molecule has 2 unspecified atom stereocenters. The quantitative estimate of drug-likeness (QED) is 0.00928. The molecule has 2 amide bonds. The van der Waals surface area contributed by atoms with Crippen LogP contribution in [-0.4, -0.2) is 234 Å². The lowest BCUT2D eigenvalue weighted by molar-refractivity contribution is -0.346. The third kappa shape index (κ3) is 18.6. The Morgan fingerprint density at radius 1 is 0.545 bits per heavy atom. The van der Waals surface area contributed by atoms with Crippen molar-refractivity contribution in [3.05, 3.63) is 139 Å². The summed E-state index contributed by atoms with van der Waals surface area (Å²) in [5.74, 6) is -12.9. The fraction of sp³-hybridized carbons (Fsp3) is 0.633. The van der Waals surface area contributed by atoms with Crippen LogP contribution in [0.5, 0.6) is 0 Å². The molecule has 22 atom stereocenters. The van der Waals surface area contributed by atoms with Crippen molar-refractivity contribution in [2.24, 2.45) is 33.5 Å². The Morgan fingerprint density at radius 3 is 1.34 bits per heavy atom. The van der Waals surface area contributed by atoms with Gasteiger partial charge >= 0.3 is 59.9 Å². The highest BCUT2D eigenvalue weighted by Gasteiger charge is 2.81. The van der Waals surface area contributed by atoms with E-state index in [2.05, 4.69) is 31.4 Å². The number of aliphatic hydroxyl groups is 4. The summed E-state index contributed by atoms with van der Waals surface area (Å²) in [5.41, 5.74) is -14.6. The normalized spacial score (nSPS) is 32.0. The van der Waals surface area contributed by atoms with Crippen molar-refractivity contribution >= 4 is 102 Å². The number of carbonyl (C=O) groups excluding carboxylic acids is 12. The van der Waals surface area contributed by atoms with Crippen LogP contribution in [0.3, 0.4) is 0 Å². The van der Waals surface area contributed by atoms with Gasteiger partial charge in [-0.2, -0.15) is 0 Å². The van der Waals surface area contributed by atoms with E-state index < -0.39 is 240 Å². The lowest BCUT2D eigenvalue weighted by atomic mass is 9.44. The summed E-state index contributed by atoms with van der Waals surface area (Å²) in [6.07, 6.45) is -17.1. The van der Waals surface area contributed by atoms with Crippen LogP contribution in [0.2, 0.25) is 18.1 Å². The second kappa shape index (κ2) is 39.7. The maximum atomic E-state index is 16.6. The zero-order chi connectivity index (χ0) is 97.7. The average Bonchev–Trinajstić information content (AvgIpc) is 0.780. The third-order valence-electron chi connectivity index (χ3n) is 30.6. The second-order valence-electron chi connectivity index (χ2n) is 38.9. The molecule has 4 heterocycles. The predicted octanol–water partition coefficient (Wildman–Crippen LogP) is 12.5. The van der Waals surface area contributed by atoms with Gasteiger partial charge in [0.25, 0.3) is 0 Å². The smallest absolute Gasteiger partial charge is 0.408 e. The molecule has 2 aliphatic heterocycles. The summed E-state index contributed by atoms with van der Waals surface area (Å²) < 4.78 is 93.4. The molecule has 8 aliphatic carbocycles. The topological polar surface area (TPSA) is 448 Å². The van der Waals surface area contributed by atoms with Crippen LogP contribution < -0.4 is 10.6 Å². The Bertz CT molecular complexity index is 5100. The van der Waals surface area contributed by atoms with Gasteiger partial charge in [-0.05, 0) is 168 Å². The highest BCUT2D eigenvalue weighted by molar-refractivity contribution is 7.10. The van der Waals surface area contributed by atoms with E-state index in [0.717, 1.165) is 19.8 Å². The molecular weight excluding hydrogens is 1790 g/mol. The monoisotopic (exact) mass is 1920 g/mol. The number of rotatable bonds is 30. The van der Waals surface area contributed by atoms with Gasteiger partial charge in [-0.3, -0.25) is 28.8 Å². The van der Waals surface area contributed by atoms with Gasteiger partial charge < -0.3 is 102 Å². The van der Waals surface area contributed by atoms with E-state index in [1.165, 1.54) is 69.6 Å². The minimum Gasteiger partial charge on any atom is -0.456 e. The first kappa shape index (κ1) is 102. The molecule has 2 aromatic heterocycles. The van der Waals surface area contributed by atoms with Gasteiger partial charge in [0.15, 0.2) is 61.3 Å². The van der Waals surface area contributed by atoms with E-state index in [9.17, 15) is 63.6 Å². The summed E-state index contributed by atoms with van der Waals surface area (Å²) in [6, 6.07) is 22.4. The first-order chi connectivity index (χ1) is 63.2. The Kier molecular flexibility index (Phi) is 30.3. The molecule has 6 N–H and O–H groups in total. The Hall–Kier alpha value is -9.18. The standard InChI is InChI=1S/C54H75NO16SSi.C44H53NO15S/c1-13-39(57)67-42-40-31(5)35(66-48(60)43(70-51(9,10)63-12)41(36-26-21-27-72-36)55-49(61)65-34-24-20-25-34)29-54(62,50(40,7)8)46(68-47(59)33-22-18-17-19-23-33)44-52(11,45(42)58)37(71-73(14-2,15-3)16-4)28-38-53(44,30-64-38)69-32(6)56;1-7-30(48)58-34-31-22(2)26(57-39(52)33(49)32(27-17-12-18-61-27)45-40(53)56-25-15-11-16-25)20-44(54,41(31,4)5)37(59-38(51)24-13-9-8-10-14-24)35-42(6,36(34)50)28(47)19-29-43(35,21-55-29)60-23(3)46/h17-19,21-23,26-27,34-35,37-38,41-44,46,62H,13-16,20,24-25,28-30H2,1-12H3,(H,55,61);8-10,12-14,17-18,25-26,28-29,32-35,37,47,49,54H,7,11,15-16,19-21H2,1-6H3,(H,45,53)/t35-,37-,38+,41-,42+,43+,44?,46-,52+,53-,54+;26-,28-,29+,32-,33+,34+,35?,37-,42+,43-,44+/m00/s1. The van der Waals surface area contributed by atoms with Gasteiger partial charge in [-0.25, -0.2) is 28.8 Å². The molecule has 4 bridgehead atoms. The minimum atomic E-state index is -2.65. The van der Waals surface area contributed by atoms with Crippen molar-refractivity contribution in [2.45, 2.75) is 339 Å². The number of Topliss-reactive ketones (excluding diaryl/α,β-unsaturated/α-hetero) is 2. The van der Waals surface area contributed by atoms with Gasteiger partial charge in [-0.15, -0.1) is 22.7 Å². The number of aliphatic hydroxyl groups excluding tert-OH is 2. The number of benzene rings is 2. The molecule has 36 heteroatoms. The molecule has 732 valence electrons. The van der Waals surface area contributed by atoms with Crippen LogP contribution in [0.15, 0.2) is 118 Å². The maximum absolute atomic E-state index is 16.6. The van der Waals surface area contributed by atoms with Crippen molar-refractivity contribution in [1.82, 2.24) is 10.6 Å². The lowest BCUT2D eigenvalue weighted by Crippen LogP contribution is -2.82. The van der Waals surface area contributed by atoms with Crippen molar-refractivity contribution < 1.29 is 149 Å². The number of hydrogen-bond donors (Lipinski definition) is 6. The molecule has 6 saturated carbocycles. The van der Waals surface area contributed by atoms with Crippen LogP contribution >= 0.6 is 22.7 Å². The fourth-order valence-corrected chi connectivity index (χ4v) is 26.4. The fourth-order valence-electron chi connectivity index (χ4n) is 21.9. The minimum absolute atomic E-state index is 0.0125. The summed E-state index contributed by atoms with van der Waals surface area (Å²) in [7, 11) is -1.25. The Balaban J connectivity index is 0.000000231. The number of hydrogen-bond acceptors (Lipinski definition) is 33. The van der Waals surface area contributed by atoms with E-state index in [1.54, 1.807) is 146 Å². The van der Waals surface area contributed by atoms with Gasteiger partial charge in [0.05, 0.1) is 59.2 Å². The average molecular weight is 1920 g/mol. The van der Waals surface area contributed by atoms with Crippen molar-refractivity contribution in [1.29, 1.82) is 0 Å². The highest BCUT2D eigenvalue weighted by Crippen LogP contribution is 2.68. The van der Waals surface area contributed by atoms with Gasteiger partial charge in [0.1, 0.15) is 72.1 Å². The molecule has 4 aromatic rings. The second-order valence-corrected chi connectivity index (χ2v) is 45.6. The molecule has 0 radical (unpaired) electrons. The first-order valence-electron chi connectivity index (χ1n) is 46.4. The van der Waals surface area contributed by atoms with E-state index >= 15 is 14.4 Å². The number of ketones is 2. The number of methoxy groups -OCH3 is 1. The maximum Gasteiger partial charge on any atom is 0.408 e. The van der Waals surface area contributed by atoms with Crippen LogP contribution in [0.4, 0.5) is 9.59 Å². The highest BCUT2D eigenvalue weighted by atomic mass is 32.1. The third-order valence-corrected chi connectivity index (χ3v) is 37.1.